The number of hydrogen-bond donors (Lipinski definition) is 1. The van der Waals surface area contributed by atoms with Crippen molar-refractivity contribution in [1.82, 2.24) is 4.98 Å². The van der Waals surface area contributed by atoms with Crippen molar-refractivity contribution in [3.8, 4) is 0 Å². The van der Waals surface area contributed by atoms with E-state index in [0.717, 1.165) is 28.4 Å². The van der Waals surface area contributed by atoms with Crippen molar-refractivity contribution >= 4 is 26.8 Å². The maximum Gasteiger partial charge on any atom is 0.102 e. The van der Waals surface area contributed by atoms with E-state index in [1.165, 1.54) is 0 Å². The lowest BCUT2D eigenvalue weighted by Crippen LogP contribution is -2.14. The van der Waals surface area contributed by atoms with Gasteiger partial charge in [-0.3, -0.25) is 0 Å². The molecule has 0 aliphatic carbocycles. The molecule has 0 amide bonds. The highest BCUT2D eigenvalue weighted by molar-refractivity contribution is 9.10. The average molecular weight is 308 g/mol. The minimum atomic E-state index is -0.563. The minimum Gasteiger partial charge on any atom is -0.386 e. The Morgan fingerprint density at radius 2 is 2.22 bits per heavy atom. The molecule has 0 radical (unpaired) electrons. The second kappa shape index (κ2) is 4.96. The van der Waals surface area contributed by atoms with Crippen LogP contribution in [0.25, 0.3) is 10.9 Å². The van der Waals surface area contributed by atoms with Crippen LogP contribution in [0.1, 0.15) is 18.2 Å². The second-order valence-electron chi connectivity index (χ2n) is 4.62. The molecule has 18 heavy (non-hydrogen) atoms. The molecule has 1 aliphatic rings. The van der Waals surface area contributed by atoms with Gasteiger partial charge in [-0.25, -0.2) is 4.98 Å². The molecule has 4 heteroatoms. The molecule has 3 nitrogen and oxygen atoms in total. The summed E-state index contributed by atoms with van der Waals surface area (Å²) in [4.78, 5) is 4.57. The minimum absolute atomic E-state index is 0.148. The third-order valence-corrected chi connectivity index (χ3v) is 4.03. The van der Waals surface area contributed by atoms with Crippen molar-refractivity contribution in [2.75, 3.05) is 13.2 Å². The number of aromatic nitrogens is 1. The van der Waals surface area contributed by atoms with Gasteiger partial charge in [-0.1, -0.05) is 18.2 Å². The van der Waals surface area contributed by atoms with E-state index in [4.69, 9.17) is 4.74 Å². The molecule has 1 saturated heterocycles. The predicted octanol–water partition coefficient (Wildman–Crippen LogP) is 3.07. The summed E-state index contributed by atoms with van der Waals surface area (Å²) in [7, 11) is 0. The van der Waals surface area contributed by atoms with Gasteiger partial charge in [0.2, 0.25) is 0 Å². The van der Waals surface area contributed by atoms with Crippen LogP contribution in [0.15, 0.2) is 34.8 Å². The molecule has 1 N–H and O–H groups in total. The number of pyridine rings is 1. The van der Waals surface area contributed by atoms with Crippen LogP contribution in [0.4, 0.5) is 0 Å². The van der Waals surface area contributed by atoms with Gasteiger partial charge in [-0.2, -0.15) is 0 Å². The second-order valence-corrected chi connectivity index (χ2v) is 5.47. The van der Waals surface area contributed by atoms with Gasteiger partial charge in [0.25, 0.3) is 0 Å². The third-order valence-electron chi connectivity index (χ3n) is 3.40. The number of benzene rings is 1. The smallest absolute Gasteiger partial charge is 0.102 e. The Labute approximate surface area is 114 Å². The van der Waals surface area contributed by atoms with Gasteiger partial charge in [0.15, 0.2) is 0 Å². The molecule has 0 spiro atoms. The molecule has 0 saturated carbocycles. The SMILES string of the molecule is OC(c1nc2ccccc2cc1Br)C1CCOC1. The monoisotopic (exact) mass is 307 g/mol. The Morgan fingerprint density at radius 1 is 1.39 bits per heavy atom. The zero-order valence-corrected chi connectivity index (χ0v) is 11.4. The van der Waals surface area contributed by atoms with E-state index in [-0.39, 0.29) is 5.92 Å². The normalized spacial score (nSPS) is 21.3. The molecule has 2 atom stereocenters. The number of rotatable bonds is 2. The van der Waals surface area contributed by atoms with Crippen LogP contribution in [0.5, 0.6) is 0 Å². The van der Waals surface area contributed by atoms with E-state index in [1.807, 2.05) is 30.3 Å². The Bertz CT molecular complexity index is 567. The fraction of sp³-hybridized carbons (Fsp3) is 0.357. The molecule has 2 heterocycles. The summed E-state index contributed by atoms with van der Waals surface area (Å²) in [6.45, 7) is 1.34. The summed E-state index contributed by atoms with van der Waals surface area (Å²) in [6, 6.07) is 9.93. The van der Waals surface area contributed by atoms with Gasteiger partial charge in [0.05, 0.1) is 17.8 Å². The topological polar surface area (TPSA) is 42.4 Å². The zero-order chi connectivity index (χ0) is 12.5. The van der Waals surface area contributed by atoms with E-state index >= 15 is 0 Å². The van der Waals surface area contributed by atoms with Crippen molar-refractivity contribution in [3.63, 3.8) is 0 Å². The van der Waals surface area contributed by atoms with Gasteiger partial charge in [-0.05, 0) is 34.5 Å². The summed E-state index contributed by atoms with van der Waals surface area (Å²) in [6.07, 6.45) is 0.328. The summed E-state index contributed by atoms with van der Waals surface area (Å²) in [5, 5.41) is 11.5. The first-order chi connectivity index (χ1) is 8.75. The first-order valence-electron chi connectivity index (χ1n) is 6.06. The van der Waals surface area contributed by atoms with Gasteiger partial charge in [-0.15, -0.1) is 0 Å². The molecule has 2 unspecified atom stereocenters. The van der Waals surface area contributed by atoms with Crippen LogP contribution in [0.2, 0.25) is 0 Å². The van der Waals surface area contributed by atoms with Crippen LogP contribution in [-0.4, -0.2) is 23.3 Å². The fourth-order valence-electron chi connectivity index (χ4n) is 2.34. The Hall–Kier alpha value is -0.970. The Morgan fingerprint density at radius 3 is 3.00 bits per heavy atom. The number of nitrogens with zero attached hydrogens (tertiary/aromatic N) is 1. The van der Waals surface area contributed by atoms with Gasteiger partial charge in [0, 0.05) is 22.4 Å². The van der Waals surface area contributed by atoms with Crippen LogP contribution in [0, 0.1) is 5.92 Å². The summed E-state index contributed by atoms with van der Waals surface area (Å²) < 4.78 is 6.19. The van der Waals surface area contributed by atoms with Crippen molar-refractivity contribution < 1.29 is 9.84 Å². The quantitative estimate of drug-likeness (QED) is 0.927. The van der Waals surface area contributed by atoms with E-state index in [9.17, 15) is 5.11 Å². The number of aliphatic hydroxyl groups excluding tert-OH is 1. The van der Waals surface area contributed by atoms with Crippen molar-refractivity contribution in [2.24, 2.45) is 5.92 Å². The molecule has 1 aliphatic heterocycles. The van der Waals surface area contributed by atoms with Crippen LogP contribution >= 0.6 is 15.9 Å². The average Bonchev–Trinajstić information content (AvgIpc) is 2.91. The lowest BCUT2D eigenvalue weighted by Gasteiger charge is -2.17. The Balaban J connectivity index is 2.02. The van der Waals surface area contributed by atoms with Crippen LogP contribution < -0.4 is 0 Å². The molecule has 3 rings (SSSR count). The maximum atomic E-state index is 10.4. The lowest BCUT2D eigenvalue weighted by molar-refractivity contribution is 0.0882. The lowest BCUT2D eigenvalue weighted by atomic mass is 9.98. The molecule has 1 aromatic heterocycles. The number of halogens is 1. The van der Waals surface area contributed by atoms with E-state index in [1.54, 1.807) is 0 Å². The molecule has 1 aromatic carbocycles. The maximum absolute atomic E-state index is 10.4. The first-order valence-corrected chi connectivity index (χ1v) is 6.86. The summed E-state index contributed by atoms with van der Waals surface area (Å²) in [5.74, 6) is 0.148. The van der Waals surface area contributed by atoms with Crippen molar-refractivity contribution in [2.45, 2.75) is 12.5 Å². The molecule has 1 fully saturated rings. The highest BCUT2D eigenvalue weighted by Crippen LogP contribution is 2.33. The molecule has 94 valence electrons. The van der Waals surface area contributed by atoms with E-state index in [0.29, 0.717) is 12.3 Å². The van der Waals surface area contributed by atoms with Gasteiger partial charge >= 0.3 is 0 Å². The van der Waals surface area contributed by atoms with Crippen molar-refractivity contribution in [1.29, 1.82) is 0 Å². The largest absolute Gasteiger partial charge is 0.386 e. The molecule has 0 bridgehead atoms. The Kier molecular flexibility index (Phi) is 3.33. The molecular weight excluding hydrogens is 294 g/mol. The predicted molar refractivity (Wildman–Crippen MR) is 73.3 cm³/mol. The fourth-order valence-corrected chi connectivity index (χ4v) is 2.91. The third kappa shape index (κ3) is 2.16. The standard InChI is InChI=1S/C14H14BrNO2/c15-11-7-9-3-1-2-4-12(9)16-13(11)14(17)10-5-6-18-8-10/h1-4,7,10,14,17H,5-6,8H2. The van der Waals surface area contributed by atoms with Gasteiger partial charge in [0.1, 0.15) is 6.10 Å². The summed E-state index contributed by atoms with van der Waals surface area (Å²) >= 11 is 3.50. The van der Waals surface area contributed by atoms with Crippen LogP contribution in [0.3, 0.4) is 0 Å². The first kappa shape index (κ1) is 12.1. The van der Waals surface area contributed by atoms with Crippen molar-refractivity contribution in [3.05, 3.63) is 40.5 Å². The molecule has 2 aromatic rings. The highest BCUT2D eigenvalue weighted by atomic mass is 79.9. The highest BCUT2D eigenvalue weighted by Gasteiger charge is 2.27. The number of hydrogen-bond acceptors (Lipinski definition) is 3. The number of para-hydroxylation sites is 1. The summed E-state index contributed by atoms with van der Waals surface area (Å²) in [5.41, 5.74) is 1.62. The number of aliphatic hydroxyl groups is 1. The molecular formula is C14H14BrNO2. The number of ether oxygens (including phenoxy) is 1. The van der Waals surface area contributed by atoms with E-state index in [2.05, 4.69) is 20.9 Å². The van der Waals surface area contributed by atoms with Gasteiger partial charge < -0.3 is 9.84 Å². The van der Waals surface area contributed by atoms with Crippen LogP contribution in [-0.2, 0) is 4.74 Å². The van der Waals surface area contributed by atoms with E-state index < -0.39 is 6.10 Å². The zero-order valence-electron chi connectivity index (χ0n) is 9.84. The number of fused-ring (bicyclic) bond motifs is 1.